The average molecular weight is 556 g/mol. The summed E-state index contributed by atoms with van der Waals surface area (Å²) in [4.78, 5) is 28.8. The minimum Gasteiger partial charge on any atom is -0.363 e. The van der Waals surface area contributed by atoms with Gasteiger partial charge in [0.05, 0.1) is 5.69 Å². The van der Waals surface area contributed by atoms with Crippen molar-refractivity contribution in [2.24, 2.45) is 0 Å². The van der Waals surface area contributed by atoms with Crippen molar-refractivity contribution < 1.29 is 4.79 Å². The van der Waals surface area contributed by atoms with Gasteiger partial charge in [0.2, 0.25) is 5.95 Å². The van der Waals surface area contributed by atoms with E-state index in [1.54, 1.807) is 18.6 Å². The second-order valence-corrected chi connectivity index (χ2v) is 10.4. The summed E-state index contributed by atoms with van der Waals surface area (Å²) in [6.45, 7) is 4.80. The summed E-state index contributed by atoms with van der Waals surface area (Å²) in [7, 11) is 0. The van der Waals surface area contributed by atoms with Crippen LogP contribution in [0.2, 0.25) is 0 Å². The van der Waals surface area contributed by atoms with Gasteiger partial charge in [0.25, 0.3) is 5.91 Å². The molecule has 1 amide bonds. The molecule has 5 aromatic rings. The second kappa shape index (κ2) is 12.6. The van der Waals surface area contributed by atoms with Crippen LogP contribution in [-0.2, 0) is 6.54 Å². The van der Waals surface area contributed by atoms with Gasteiger partial charge in [0.15, 0.2) is 0 Å². The Balaban J connectivity index is 1.15. The summed E-state index contributed by atoms with van der Waals surface area (Å²) in [5.74, 6) is 0.305. The van der Waals surface area contributed by atoms with Crippen molar-refractivity contribution in [1.29, 1.82) is 0 Å². The van der Waals surface area contributed by atoms with E-state index in [4.69, 9.17) is 0 Å². The van der Waals surface area contributed by atoms with Gasteiger partial charge in [-0.3, -0.25) is 9.78 Å². The largest absolute Gasteiger partial charge is 0.363 e. The van der Waals surface area contributed by atoms with Crippen LogP contribution < -0.4 is 20.9 Å². The van der Waals surface area contributed by atoms with Gasteiger partial charge in [-0.2, -0.15) is 0 Å². The van der Waals surface area contributed by atoms with Crippen molar-refractivity contribution in [3.63, 3.8) is 0 Å². The highest BCUT2D eigenvalue weighted by atomic mass is 16.1. The number of amides is 1. The molecule has 1 unspecified atom stereocenters. The van der Waals surface area contributed by atoms with Crippen LogP contribution in [0.25, 0.3) is 11.3 Å². The standard InChI is InChI=1S/C34H33N7O/c1-24-9-12-28(20-32(24)40-34-37-19-16-31(39-34)27-8-5-17-35-21-27)38-33(42)26-10-13-29(14-11-26)41(30-15-18-36-22-30)23-25-6-3-2-4-7-25/h2-14,16-17,19-21,30,36H,15,18,22-23H2,1H3,(H,38,42)(H,37,39,40). The van der Waals surface area contributed by atoms with Crippen molar-refractivity contribution >= 4 is 28.9 Å². The zero-order chi connectivity index (χ0) is 28.7. The molecule has 1 fully saturated rings. The first-order valence-electron chi connectivity index (χ1n) is 14.2. The molecule has 8 heteroatoms. The fraction of sp³-hybridized carbons (Fsp3) is 0.176. The predicted molar refractivity (Wildman–Crippen MR) is 168 cm³/mol. The molecular weight excluding hydrogens is 522 g/mol. The van der Waals surface area contributed by atoms with Gasteiger partial charge in [-0.1, -0.05) is 36.4 Å². The molecule has 1 atom stereocenters. The number of pyridine rings is 1. The van der Waals surface area contributed by atoms with E-state index in [0.717, 1.165) is 54.3 Å². The Bertz CT molecular complexity index is 1640. The maximum atomic E-state index is 13.2. The summed E-state index contributed by atoms with van der Waals surface area (Å²) in [5, 5.41) is 9.82. The number of nitrogens with zero attached hydrogens (tertiary/aromatic N) is 4. The second-order valence-electron chi connectivity index (χ2n) is 10.4. The lowest BCUT2D eigenvalue weighted by molar-refractivity contribution is 0.102. The van der Waals surface area contributed by atoms with E-state index in [1.807, 2.05) is 73.7 Å². The first-order valence-corrected chi connectivity index (χ1v) is 14.2. The molecule has 1 saturated heterocycles. The molecule has 6 rings (SSSR count). The van der Waals surface area contributed by atoms with Crippen LogP contribution in [0.15, 0.2) is 110 Å². The zero-order valence-electron chi connectivity index (χ0n) is 23.5. The van der Waals surface area contributed by atoms with Gasteiger partial charge in [0, 0.05) is 65.9 Å². The van der Waals surface area contributed by atoms with Crippen LogP contribution in [0.1, 0.15) is 27.9 Å². The highest BCUT2D eigenvalue weighted by Gasteiger charge is 2.23. The minimum atomic E-state index is -0.164. The number of carbonyl (C=O) groups excluding carboxylic acids is 1. The van der Waals surface area contributed by atoms with E-state index in [2.05, 4.69) is 60.1 Å². The predicted octanol–water partition coefficient (Wildman–Crippen LogP) is 6.21. The third kappa shape index (κ3) is 6.45. The first-order chi connectivity index (χ1) is 20.6. The number of benzene rings is 3. The topological polar surface area (TPSA) is 95.1 Å². The Kier molecular flexibility index (Phi) is 8.14. The number of carbonyl (C=O) groups is 1. The first kappa shape index (κ1) is 27.1. The lowest BCUT2D eigenvalue weighted by Gasteiger charge is -2.31. The van der Waals surface area contributed by atoms with Crippen LogP contribution in [0.4, 0.5) is 23.0 Å². The molecular formula is C34H33N7O. The van der Waals surface area contributed by atoms with Gasteiger partial charge in [-0.05, 0) is 85.6 Å². The maximum absolute atomic E-state index is 13.2. The molecule has 0 saturated carbocycles. The number of nitrogens with one attached hydrogen (secondary N) is 3. The van der Waals surface area contributed by atoms with Gasteiger partial charge in [0.1, 0.15) is 0 Å². The summed E-state index contributed by atoms with van der Waals surface area (Å²) < 4.78 is 0. The molecule has 0 aliphatic carbocycles. The zero-order valence-corrected chi connectivity index (χ0v) is 23.5. The van der Waals surface area contributed by atoms with E-state index >= 15 is 0 Å². The molecule has 1 aliphatic rings. The lowest BCUT2D eigenvalue weighted by Crippen LogP contribution is -2.36. The Morgan fingerprint density at radius 1 is 0.976 bits per heavy atom. The van der Waals surface area contributed by atoms with E-state index in [-0.39, 0.29) is 5.91 Å². The Morgan fingerprint density at radius 2 is 1.83 bits per heavy atom. The number of anilines is 4. The monoisotopic (exact) mass is 555 g/mol. The molecule has 2 aromatic heterocycles. The fourth-order valence-corrected chi connectivity index (χ4v) is 5.17. The van der Waals surface area contributed by atoms with Crippen molar-refractivity contribution in [2.45, 2.75) is 25.9 Å². The van der Waals surface area contributed by atoms with Gasteiger partial charge < -0.3 is 20.9 Å². The fourth-order valence-electron chi connectivity index (χ4n) is 5.17. The molecule has 42 heavy (non-hydrogen) atoms. The normalized spacial score (nSPS) is 14.4. The van der Waals surface area contributed by atoms with E-state index in [1.165, 1.54) is 5.56 Å². The molecule has 3 heterocycles. The Labute approximate surface area is 245 Å². The lowest BCUT2D eigenvalue weighted by atomic mass is 10.1. The summed E-state index contributed by atoms with van der Waals surface area (Å²) in [6.07, 6.45) is 6.31. The van der Waals surface area contributed by atoms with Crippen LogP contribution in [-0.4, -0.2) is 40.0 Å². The number of hydrogen-bond acceptors (Lipinski definition) is 7. The van der Waals surface area contributed by atoms with Crippen LogP contribution in [0.3, 0.4) is 0 Å². The number of rotatable bonds is 9. The average Bonchev–Trinajstić information content (AvgIpc) is 3.58. The SMILES string of the molecule is Cc1ccc(NC(=O)c2ccc(N(Cc3ccccc3)C3CCNC3)cc2)cc1Nc1nccc(-c2cccnc2)n1. The summed E-state index contributed by atoms with van der Waals surface area (Å²) in [6, 6.07) is 30.3. The molecule has 3 N–H and O–H groups in total. The highest BCUT2D eigenvalue weighted by molar-refractivity contribution is 6.04. The molecule has 1 aliphatic heterocycles. The van der Waals surface area contributed by atoms with Crippen molar-refractivity contribution in [1.82, 2.24) is 20.3 Å². The highest BCUT2D eigenvalue weighted by Crippen LogP contribution is 2.26. The van der Waals surface area contributed by atoms with Gasteiger partial charge in [-0.15, -0.1) is 0 Å². The van der Waals surface area contributed by atoms with Gasteiger partial charge >= 0.3 is 0 Å². The van der Waals surface area contributed by atoms with Crippen LogP contribution >= 0.6 is 0 Å². The van der Waals surface area contributed by atoms with Crippen molar-refractivity contribution in [3.8, 4) is 11.3 Å². The van der Waals surface area contributed by atoms with E-state index < -0.39 is 0 Å². The van der Waals surface area contributed by atoms with Crippen molar-refractivity contribution in [2.75, 3.05) is 28.6 Å². The van der Waals surface area contributed by atoms with Crippen molar-refractivity contribution in [3.05, 3.63) is 126 Å². The number of aryl methyl sites for hydroxylation is 1. The molecule has 3 aromatic carbocycles. The maximum Gasteiger partial charge on any atom is 0.255 e. The quantitative estimate of drug-likeness (QED) is 0.199. The van der Waals surface area contributed by atoms with Crippen LogP contribution in [0.5, 0.6) is 0 Å². The van der Waals surface area contributed by atoms with E-state index in [0.29, 0.717) is 23.2 Å². The Hall–Kier alpha value is -5.08. The smallest absolute Gasteiger partial charge is 0.255 e. The van der Waals surface area contributed by atoms with E-state index in [9.17, 15) is 4.79 Å². The molecule has 8 nitrogen and oxygen atoms in total. The molecule has 0 radical (unpaired) electrons. The Morgan fingerprint density at radius 3 is 2.60 bits per heavy atom. The summed E-state index contributed by atoms with van der Waals surface area (Å²) in [5.41, 5.74) is 7.17. The number of hydrogen-bond donors (Lipinski definition) is 3. The van der Waals surface area contributed by atoms with Crippen LogP contribution in [0, 0.1) is 6.92 Å². The number of aromatic nitrogens is 3. The molecule has 0 bridgehead atoms. The third-order valence-electron chi connectivity index (χ3n) is 7.49. The minimum absolute atomic E-state index is 0.164. The molecule has 210 valence electrons. The van der Waals surface area contributed by atoms with Gasteiger partial charge in [-0.25, -0.2) is 9.97 Å². The third-order valence-corrected chi connectivity index (χ3v) is 7.49. The summed E-state index contributed by atoms with van der Waals surface area (Å²) >= 11 is 0. The molecule has 0 spiro atoms.